The van der Waals surface area contributed by atoms with Crippen LogP contribution in [0.25, 0.3) is 0 Å². The lowest BCUT2D eigenvalue weighted by molar-refractivity contribution is -0.302. The Bertz CT molecular complexity index is 1170. The van der Waals surface area contributed by atoms with E-state index >= 15 is 0 Å². The molecule has 0 radical (unpaired) electrons. The minimum Gasteiger partial charge on any atom is -0.449 e. The van der Waals surface area contributed by atoms with Crippen LogP contribution in [-0.4, -0.2) is 147 Å². The minimum atomic E-state index is -1.49. The summed E-state index contributed by atoms with van der Waals surface area (Å²) in [5, 5.41) is 53.2. The standard InChI is InChI=1S/C58H114N2O13/c1-2-51(36-29-24-20-16-12-8-5-3-4-6-10-14-18-22-26-33-41-61)37-30-25-21-17-13-9-7-11-15-19-23-27-34-42-68-43-35-44-72-58(67)60-39-32-28-31-38-53(63)59-40-45-69-46-47-70-48-49-71-57-56(66)55(65)54(64)52(50-62)73-57/h51-52,54-57,61-62,64-66H,2-50H2,1H3,(H,59,63)(H,60,67)/t51?,52?,54-,55?,56?,57-/m0/s1. The van der Waals surface area contributed by atoms with Gasteiger partial charge in [0.25, 0.3) is 0 Å². The van der Waals surface area contributed by atoms with Crippen molar-refractivity contribution < 1.29 is 63.5 Å². The Morgan fingerprint density at radius 3 is 1.42 bits per heavy atom. The molecule has 0 aromatic heterocycles. The Labute approximate surface area is 445 Å². The summed E-state index contributed by atoms with van der Waals surface area (Å²) in [5.74, 6) is 0.905. The zero-order valence-electron chi connectivity index (χ0n) is 46.6. The highest BCUT2D eigenvalue weighted by Gasteiger charge is 2.44. The van der Waals surface area contributed by atoms with Gasteiger partial charge in [-0.05, 0) is 31.6 Å². The summed E-state index contributed by atoms with van der Waals surface area (Å²) in [6.45, 7) is 6.02. The van der Waals surface area contributed by atoms with E-state index in [1.807, 2.05) is 0 Å². The van der Waals surface area contributed by atoms with Crippen LogP contribution in [0, 0.1) is 5.92 Å². The van der Waals surface area contributed by atoms with Crippen molar-refractivity contribution >= 4 is 12.0 Å². The van der Waals surface area contributed by atoms with Crippen molar-refractivity contribution in [2.24, 2.45) is 5.92 Å². The quantitative estimate of drug-likeness (QED) is 0.0283. The Kier molecular flexibility index (Phi) is 51.0. The first kappa shape index (κ1) is 69.4. The van der Waals surface area contributed by atoms with Gasteiger partial charge in [0.15, 0.2) is 6.29 Å². The number of alkyl carbamates (subject to hydrolysis) is 1. The van der Waals surface area contributed by atoms with Crippen molar-refractivity contribution in [1.82, 2.24) is 10.6 Å². The number of hydrogen-bond acceptors (Lipinski definition) is 13. The molecule has 1 fully saturated rings. The van der Waals surface area contributed by atoms with E-state index in [2.05, 4.69) is 17.6 Å². The van der Waals surface area contributed by atoms with Gasteiger partial charge < -0.3 is 64.6 Å². The Morgan fingerprint density at radius 1 is 0.452 bits per heavy atom. The van der Waals surface area contributed by atoms with Crippen LogP contribution in [0.2, 0.25) is 0 Å². The van der Waals surface area contributed by atoms with Crippen LogP contribution in [-0.2, 0) is 33.2 Å². The van der Waals surface area contributed by atoms with E-state index in [1.54, 1.807) is 0 Å². The van der Waals surface area contributed by atoms with Crippen LogP contribution < -0.4 is 10.6 Å². The maximum absolute atomic E-state index is 12.1. The molecule has 1 heterocycles. The predicted molar refractivity (Wildman–Crippen MR) is 292 cm³/mol. The summed E-state index contributed by atoms with van der Waals surface area (Å²) in [7, 11) is 0. The smallest absolute Gasteiger partial charge is 0.407 e. The number of carbonyl (C=O) groups is 2. The van der Waals surface area contributed by atoms with Crippen molar-refractivity contribution in [2.45, 2.75) is 275 Å². The van der Waals surface area contributed by atoms with Gasteiger partial charge in [-0.3, -0.25) is 4.79 Å². The van der Waals surface area contributed by atoms with Gasteiger partial charge in [0, 0.05) is 45.8 Å². The normalized spacial score (nSPS) is 18.3. The molecule has 0 saturated carbocycles. The van der Waals surface area contributed by atoms with Crippen molar-refractivity contribution in [3.63, 3.8) is 0 Å². The van der Waals surface area contributed by atoms with Crippen LogP contribution in [0.3, 0.4) is 0 Å². The molecule has 1 saturated heterocycles. The SMILES string of the molecule is CCC(CCCCCCCCCCCCCCCCCCO)CCCCCCCCCCCCCCCOCCCOC(=O)NCCCCCC(=O)NCCOCCOCCO[C@H]1OC(CO)[C@H](O)C(O)C1O. The van der Waals surface area contributed by atoms with Gasteiger partial charge in [0.1, 0.15) is 24.4 Å². The first-order valence-corrected chi connectivity index (χ1v) is 30.3. The summed E-state index contributed by atoms with van der Waals surface area (Å²) in [5.41, 5.74) is 0. The third kappa shape index (κ3) is 44.1. The molecule has 1 rings (SSSR count). The number of ether oxygens (including phenoxy) is 6. The van der Waals surface area contributed by atoms with Gasteiger partial charge in [-0.25, -0.2) is 4.79 Å². The number of aliphatic hydroxyl groups is 5. The van der Waals surface area contributed by atoms with Crippen molar-refractivity contribution in [2.75, 3.05) is 79.2 Å². The van der Waals surface area contributed by atoms with E-state index in [0.717, 1.165) is 44.6 Å². The van der Waals surface area contributed by atoms with E-state index < -0.39 is 43.4 Å². The number of unbranched alkanes of at least 4 members (excludes halogenated alkanes) is 29. The van der Waals surface area contributed by atoms with Crippen molar-refractivity contribution in [3.8, 4) is 0 Å². The van der Waals surface area contributed by atoms with E-state index in [9.17, 15) is 30.0 Å². The van der Waals surface area contributed by atoms with E-state index in [1.165, 1.54) is 193 Å². The van der Waals surface area contributed by atoms with Gasteiger partial charge in [-0.1, -0.05) is 206 Å². The van der Waals surface area contributed by atoms with Crippen LogP contribution in [0.4, 0.5) is 4.79 Å². The molecule has 4 unspecified atom stereocenters. The average Bonchev–Trinajstić information content (AvgIpc) is 3.39. The lowest BCUT2D eigenvalue weighted by atomic mass is 9.92. The van der Waals surface area contributed by atoms with Crippen LogP contribution in [0.15, 0.2) is 0 Å². The lowest BCUT2D eigenvalue weighted by Gasteiger charge is -2.39. The molecular formula is C58H114N2O13. The molecule has 434 valence electrons. The van der Waals surface area contributed by atoms with E-state index in [-0.39, 0.29) is 19.1 Å². The van der Waals surface area contributed by atoms with Gasteiger partial charge in [-0.15, -0.1) is 0 Å². The van der Waals surface area contributed by atoms with Crippen LogP contribution in [0.1, 0.15) is 244 Å². The maximum atomic E-state index is 12.1. The predicted octanol–water partition coefficient (Wildman–Crippen LogP) is 10.8. The number of nitrogens with one attached hydrogen (secondary N) is 2. The lowest BCUT2D eigenvalue weighted by Crippen LogP contribution is -2.59. The molecule has 0 aliphatic carbocycles. The third-order valence-corrected chi connectivity index (χ3v) is 14.3. The second kappa shape index (κ2) is 53.7. The van der Waals surface area contributed by atoms with Gasteiger partial charge in [-0.2, -0.15) is 0 Å². The molecule has 0 aromatic rings. The van der Waals surface area contributed by atoms with Gasteiger partial charge in [0.05, 0.1) is 46.2 Å². The monoisotopic (exact) mass is 1050 g/mol. The largest absolute Gasteiger partial charge is 0.449 e. The van der Waals surface area contributed by atoms with Crippen molar-refractivity contribution in [1.29, 1.82) is 0 Å². The number of rotatable bonds is 56. The highest BCUT2D eigenvalue weighted by Crippen LogP contribution is 2.24. The Morgan fingerprint density at radius 2 is 0.904 bits per heavy atom. The molecule has 1 aliphatic rings. The molecule has 15 heteroatoms. The van der Waals surface area contributed by atoms with Crippen molar-refractivity contribution in [3.05, 3.63) is 0 Å². The fraction of sp³-hybridized carbons (Fsp3) is 0.966. The average molecular weight is 1050 g/mol. The minimum absolute atomic E-state index is 0.0508. The maximum Gasteiger partial charge on any atom is 0.407 e. The zero-order valence-corrected chi connectivity index (χ0v) is 46.6. The highest BCUT2D eigenvalue weighted by molar-refractivity contribution is 5.75. The molecular weight excluding hydrogens is 933 g/mol. The molecule has 7 N–H and O–H groups in total. The summed E-state index contributed by atoms with van der Waals surface area (Å²) in [4.78, 5) is 24.0. The molecule has 6 atom stereocenters. The second-order valence-corrected chi connectivity index (χ2v) is 20.8. The van der Waals surface area contributed by atoms with E-state index in [4.69, 9.17) is 33.5 Å². The number of amides is 2. The molecule has 0 bridgehead atoms. The molecule has 15 nitrogen and oxygen atoms in total. The van der Waals surface area contributed by atoms with E-state index in [0.29, 0.717) is 65.6 Å². The highest BCUT2D eigenvalue weighted by atomic mass is 16.7. The zero-order chi connectivity index (χ0) is 52.9. The number of aliphatic hydroxyl groups excluding tert-OH is 5. The molecule has 1 aliphatic heterocycles. The molecule has 2 amide bonds. The summed E-state index contributed by atoms with van der Waals surface area (Å²) in [6.07, 6.45) is 40.2. The fourth-order valence-electron chi connectivity index (χ4n) is 9.51. The van der Waals surface area contributed by atoms with Crippen LogP contribution in [0.5, 0.6) is 0 Å². The Hall–Kier alpha value is -1.66. The van der Waals surface area contributed by atoms with Gasteiger partial charge >= 0.3 is 6.09 Å². The topological polar surface area (TPSA) is 215 Å². The van der Waals surface area contributed by atoms with Gasteiger partial charge in [0.2, 0.25) is 5.91 Å². The summed E-state index contributed by atoms with van der Waals surface area (Å²) < 4.78 is 32.5. The fourth-order valence-corrected chi connectivity index (χ4v) is 9.51. The Balaban J connectivity index is 1.74. The summed E-state index contributed by atoms with van der Waals surface area (Å²) >= 11 is 0. The molecule has 73 heavy (non-hydrogen) atoms. The summed E-state index contributed by atoms with van der Waals surface area (Å²) in [6, 6.07) is 0. The van der Waals surface area contributed by atoms with Crippen LogP contribution >= 0.6 is 0 Å². The third-order valence-electron chi connectivity index (χ3n) is 14.3. The molecule has 0 spiro atoms. The molecule has 0 aromatic carbocycles. The number of hydrogen-bond donors (Lipinski definition) is 7. The first-order chi connectivity index (χ1) is 35.8. The first-order valence-electron chi connectivity index (χ1n) is 30.3. The second-order valence-electron chi connectivity index (χ2n) is 20.8. The number of carbonyl (C=O) groups excluding carboxylic acids is 2.